The minimum atomic E-state index is 0.135. The second-order valence-electron chi connectivity index (χ2n) is 8.00. The van der Waals surface area contributed by atoms with Gasteiger partial charge in [0.1, 0.15) is 0 Å². The molecule has 2 aromatic heterocycles. The van der Waals surface area contributed by atoms with Crippen molar-refractivity contribution in [1.29, 1.82) is 0 Å². The predicted octanol–water partition coefficient (Wildman–Crippen LogP) is 3.98. The smallest absolute Gasteiger partial charge is 0.254 e. The molecule has 5 nitrogen and oxygen atoms in total. The average Bonchev–Trinajstić information content (AvgIpc) is 3.45. The van der Waals surface area contributed by atoms with Gasteiger partial charge in [-0.2, -0.15) is 5.10 Å². The lowest BCUT2D eigenvalue weighted by molar-refractivity contribution is 0.0661. The summed E-state index contributed by atoms with van der Waals surface area (Å²) >= 11 is 0. The molecular formula is C22H26N4O. The molecule has 0 spiro atoms. The maximum atomic E-state index is 13.5. The van der Waals surface area contributed by atoms with E-state index < -0.39 is 0 Å². The number of benzene rings is 1. The Morgan fingerprint density at radius 3 is 2.93 bits per heavy atom. The van der Waals surface area contributed by atoms with E-state index in [1.165, 1.54) is 30.5 Å². The molecule has 1 fully saturated rings. The first-order valence-electron chi connectivity index (χ1n) is 10.1. The lowest BCUT2D eigenvalue weighted by Gasteiger charge is -2.29. The SMILES string of the molecule is Cn1nc(CN(C(=O)c2ccc3cc[nH]c3c2)C2CCCC2)c2c1CCC2. The summed E-state index contributed by atoms with van der Waals surface area (Å²) in [6.45, 7) is 0.634. The molecule has 1 saturated carbocycles. The summed E-state index contributed by atoms with van der Waals surface area (Å²) in [5.41, 5.74) is 5.63. The van der Waals surface area contributed by atoms with E-state index in [-0.39, 0.29) is 5.91 Å². The summed E-state index contributed by atoms with van der Waals surface area (Å²) < 4.78 is 2.03. The van der Waals surface area contributed by atoms with Crippen molar-refractivity contribution in [2.75, 3.05) is 0 Å². The van der Waals surface area contributed by atoms with Gasteiger partial charge in [0.15, 0.2) is 0 Å². The first kappa shape index (κ1) is 16.6. The van der Waals surface area contributed by atoms with Crippen molar-refractivity contribution < 1.29 is 4.79 Å². The third kappa shape index (κ3) is 2.85. The van der Waals surface area contributed by atoms with Gasteiger partial charge in [-0.05, 0) is 61.3 Å². The Morgan fingerprint density at radius 1 is 1.22 bits per heavy atom. The molecule has 0 saturated heterocycles. The molecule has 0 radical (unpaired) electrons. The molecule has 0 aliphatic heterocycles. The van der Waals surface area contributed by atoms with E-state index in [0.717, 1.165) is 47.8 Å². The molecule has 2 aliphatic rings. The Bertz CT molecular complexity index is 993. The molecule has 2 aliphatic carbocycles. The minimum Gasteiger partial charge on any atom is -0.361 e. The number of carbonyl (C=O) groups is 1. The van der Waals surface area contributed by atoms with E-state index in [4.69, 9.17) is 5.10 Å². The van der Waals surface area contributed by atoms with E-state index >= 15 is 0 Å². The van der Waals surface area contributed by atoms with Gasteiger partial charge < -0.3 is 9.88 Å². The van der Waals surface area contributed by atoms with Crippen LogP contribution in [0, 0.1) is 0 Å². The monoisotopic (exact) mass is 362 g/mol. The molecule has 5 rings (SSSR count). The van der Waals surface area contributed by atoms with Crippen LogP contribution in [0.15, 0.2) is 30.5 Å². The second kappa shape index (κ2) is 6.55. The van der Waals surface area contributed by atoms with Gasteiger partial charge in [0.25, 0.3) is 5.91 Å². The van der Waals surface area contributed by atoms with Gasteiger partial charge in [0, 0.05) is 36.1 Å². The van der Waals surface area contributed by atoms with Crippen LogP contribution < -0.4 is 0 Å². The van der Waals surface area contributed by atoms with Crippen molar-refractivity contribution in [1.82, 2.24) is 19.7 Å². The number of hydrogen-bond acceptors (Lipinski definition) is 2. The molecule has 0 unspecified atom stereocenters. The molecule has 1 N–H and O–H groups in total. The highest BCUT2D eigenvalue weighted by molar-refractivity contribution is 5.98. The van der Waals surface area contributed by atoms with Crippen LogP contribution in [0.1, 0.15) is 59.4 Å². The zero-order valence-electron chi connectivity index (χ0n) is 15.9. The average molecular weight is 362 g/mol. The molecule has 0 atom stereocenters. The number of rotatable bonds is 4. The van der Waals surface area contributed by atoms with Crippen molar-refractivity contribution in [2.24, 2.45) is 7.05 Å². The van der Waals surface area contributed by atoms with Crippen molar-refractivity contribution in [3.05, 3.63) is 53.0 Å². The predicted molar refractivity (Wildman–Crippen MR) is 106 cm³/mol. The van der Waals surface area contributed by atoms with Crippen LogP contribution in [0.2, 0.25) is 0 Å². The Balaban J connectivity index is 1.49. The number of H-pyrrole nitrogens is 1. The van der Waals surface area contributed by atoms with Crippen molar-refractivity contribution in [3.63, 3.8) is 0 Å². The van der Waals surface area contributed by atoms with Crippen LogP contribution in [-0.2, 0) is 26.4 Å². The number of aromatic amines is 1. The molecule has 3 aromatic rings. The maximum absolute atomic E-state index is 13.5. The zero-order valence-corrected chi connectivity index (χ0v) is 15.9. The third-order valence-electron chi connectivity index (χ3n) is 6.35. The van der Waals surface area contributed by atoms with Crippen LogP contribution in [-0.4, -0.2) is 31.6 Å². The van der Waals surface area contributed by atoms with Crippen molar-refractivity contribution >= 4 is 16.8 Å². The number of hydrogen-bond donors (Lipinski definition) is 1. The van der Waals surface area contributed by atoms with Gasteiger partial charge >= 0.3 is 0 Å². The zero-order chi connectivity index (χ0) is 18.4. The molecular weight excluding hydrogens is 336 g/mol. The standard InChI is InChI=1S/C22H26N4O/c1-25-21-8-4-7-18(21)20(24-25)14-26(17-5-2-3-6-17)22(27)16-10-9-15-11-12-23-19(15)13-16/h9-13,17,23H,2-8,14H2,1H3. The summed E-state index contributed by atoms with van der Waals surface area (Å²) in [4.78, 5) is 18.8. The second-order valence-corrected chi connectivity index (χ2v) is 8.00. The first-order chi connectivity index (χ1) is 13.2. The van der Waals surface area contributed by atoms with E-state index in [9.17, 15) is 4.79 Å². The van der Waals surface area contributed by atoms with Crippen LogP contribution in [0.25, 0.3) is 10.9 Å². The van der Waals surface area contributed by atoms with Gasteiger partial charge in [-0.15, -0.1) is 0 Å². The normalized spacial score (nSPS) is 16.9. The lowest BCUT2D eigenvalue weighted by atomic mass is 10.1. The number of fused-ring (bicyclic) bond motifs is 2. The number of nitrogens with one attached hydrogen (secondary N) is 1. The molecule has 1 amide bonds. The maximum Gasteiger partial charge on any atom is 0.254 e. The summed E-state index contributed by atoms with van der Waals surface area (Å²) in [6.07, 6.45) is 9.96. The van der Waals surface area contributed by atoms with E-state index in [0.29, 0.717) is 12.6 Å². The number of carbonyl (C=O) groups excluding carboxylic acids is 1. The van der Waals surface area contributed by atoms with Gasteiger partial charge in [-0.1, -0.05) is 18.9 Å². The number of amides is 1. The Labute approximate surface area is 159 Å². The highest BCUT2D eigenvalue weighted by Crippen LogP contribution is 2.30. The van der Waals surface area contributed by atoms with E-state index in [2.05, 4.69) is 9.88 Å². The molecule has 2 heterocycles. The van der Waals surface area contributed by atoms with Crippen molar-refractivity contribution in [2.45, 2.75) is 57.5 Å². The number of aromatic nitrogens is 3. The highest BCUT2D eigenvalue weighted by atomic mass is 16.2. The number of aryl methyl sites for hydroxylation is 1. The highest BCUT2D eigenvalue weighted by Gasteiger charge is 2.30. The van der Waals surface area contributed by atoms with E-state index in [1.54, 1.807) is 0 Å². The fraction of sp³-hybridized carbons (Fsp3) is 0.455. The molecule has 140 valence electrons. The Hall–Kier alpha value is -2.56. The van der Waals surface area contributed by atoms with Crippen LogP contribution in [0.5, 0.6) is 0 Å². The molecule has 1 aromatic carbocycles. The largest absolute Gasteiger partial charge is 0.361 e. The van der Waals surface area contributed by atoms with Crippen LogP contribution >= 0.6 is 0 Å². The van der Waals surface area contributed by atoms with Crippen LogP contribution in [0.4, 0.5) is 0 Å². The summed E-state index contributed by atoms with van der Waals surface area (Å²) in [5, 5.41) is 5.92. The topological polar surface area (TPSA) is 53.9 Å². The fourth-order valence-electron chi connectivity index (χ4n) is 4.92. The molecule has 5 heteroatoms. The summed E-state index contributed by atoms with van der Waals surface area (Å²) in [5.74, 6) is 0.135. The van der Waals surface area contributed by atoms with Gasteiger partial charge in [0.2, 0.25) is 0 Å². The molecule has 0 bridgehead atoms. The first-order valence-corrected chi connectivity index (χ1v) is 10.1. The van der Waals surface area contributed by atoms with Crippen molar-refractivity contribution in [3.8, 4) is 0 Å². The minimum absolute atomic E-state index is 0.135. The lowest BCUT2D eigenvalue weighted by Crippen LogP contribution is -2.38. The number of nitrogens with zero attached hydrogens (tertiary/aromatic N) is 3. The van der Waals surface area contributed by atoms with Gasteiger partial charge in [-0.3, -0.25) is 9.48 Å². The van der Waals surface area contributed by atoms with Gasteiger partial charge in [-0.25, -0.2) is 0 Å². The summed E-state index contributed by atoms with van der Waals surface area (Å²) in [7, 11) is 2.04. The summed E-state index contributed by atoms with van der Waals surface area (Å²) in [6, 6.07) is 8.35. The molecule has 27 heavy (non-hydrogen) atoms. The van der Waals surface area contributed by atoms with Gasteiger partial charge in [0.05, 0.1) is 12.2 Å². The quantitative estimate of drug-likeness (QED) is 0.763. The Morgan fingerprint density at radius 2 is 2.07 bits per heavy atom. The van der Waals surface area contributed by atoms with Crippen LogP contribution in [0.3, 0.4) is 0 Å². The Kier molecular flexibility index (Phi) is 4.03. The fourth-order valence-corrected chi connectivity index (χ4v) is 4.92. The van der Waals surface area contributed by atoms with E-state index in [1.807, 2.05) is 42.2 Å². The third-order valence-corrected chi connectivity index (χ3v) is 6.35.